The van der Waals surface area contributed by atoms with Crippen molar-refractivity contribution in [1.82, 2.24) is 5.32 Å². The van der Waals surface area contributed by atoms with Crippen LogP contribution in [-0.2, 0) is 0 Å². The van der Waals surface area contributed by atoms with Crippen LogP contribution in [0.3, 0.4) is 0 Å². The Morgan fingerprint density at radius 3 is 2.35 bits per heavy atom. The van der Waals surface area contributed by atoms with E-state index in [1.54, 1.807) is 0 Å². The lowest BCUT2D eigenvalue weighted by Crippen LogP contribution is -2.28. The summed E-state index contributed by atoms with van der Waals surface area (Å²) in [4.78, 5) is 12.0. The molecule has 2 aromatic carbocycles. The monoisotopic (exact) mass is 271 g/mol. The summed E-state index contributed by atoms with van der Waals surface area (Å²) in [6, 6.07) is 15.7. The summed E-state index contributed by atoms with van der Waals surface area (Å²) < 4.78 is 12.8. The van der Waals surface area contributed by atoms with E-state index in [2.05, 4.69) is 24.4 Å². The smallest absolute Gasteiger partial charge is 0.251 e. The van der Waals surface area contributed by atoms with Gasteiger partial charge in [-0.3, -0.25) is 4.79 Å². The molecule has 0 aromatic heterocycles. The lowest BCUT2D eigenvalue weighted by atomic mass is 9.96. The van der Waals surface area contributed by atoms with Gasteiger partial charge in [0, 0.05) is 18.0 Å². The van der Waals surface area contributed by atoms with E-state index in [1.807, 2.05) is 18.2 Å². The number of hydrogen-bond donors (Lipinski definition) is 1. The molecule has 3 heteroatoms. The predicted octanol–water partition coefficient (Wildman–Crippen LogP) is 3.75. The van der Waals surface area contributed by atoms with Gasteiger partial charge in [0.15, 0.2) is 0 Å². The van der Waals surface area contributed by atoms with Crippen LogP contribution in [0, 0.1) is 5.82 Å². The molecule has 0 spiro atoms. The first-order valence-corrected chi connectivity index (χ1v) is 6.79. The van der Waals surface area contributed by atoms with Crippen molar-refractivity contribution in [1.29, 1.82) is 0 Å². The third-order valence-electron chi connectivity index (χ3n) is 3.38. The number of nitrogens with one attached hydrogen (secondary N) is 1. The molecule has 20 heavy (non-hydrogen) atoms. The van der Waals surface area contributed by atoms with Gasteiger partial charge < -0.3 is 5.32 Å². The van der Waals surface area contributed by atoms with Gasteiger partial charge in [0.05, 0.1) is 0 Å². The molecule has 0 saturated heterocycles. The Bertz CT molecular complexity index is 551. The molecular weight excluding hydrogens is 253 g/mol. The fraction of sp³-hybridized carbons (Fsp3) is 0.235. The van der Waals surface area contributed by atoms with Crippen molar-refractivity contribution in [3.05, 3.63) is 71.5 Å². The topological polar surface area (TPSA) is 29.1 Å². The summed E-state index contributed by atoms with van der Waals surface area (Å²) >= 11 is 0. The number of carbonyl (C=O) groups excluding carboxylic acids is 1. The van der Waals surface area contributed by atoms with Crippen LogP contribution in [0.15, 0.2) is 54.6 Å². The standard InChI is InChI=1S/C17H18FNO/c1-2-13(14-6-4-3-5-7-14)12-19-17(20)15-8-10-16(18)11-9-15/h3-11,13H,2,12H2,1H3,(H,19,20). The van der Waals surface area contributed by atoms with Crippen molar-refractivity contribution in [3.63, 3.8) is 0 Å². The zero-order valence-electron chi connectivity index (χ0n) is 11.5. The number of rotatable bonds is 5. The average molecular weight is 271 g/mol. The van der Waals surface area contributed by atoms with E-state index >= 15 is 0 Å². The van der Waals surface area contributed by atoms with Gasteiger partial charge in [-0.25, -0.2) is 4.39 Å². The number of carbonyl (C=O) groups is 1. The van der Waals surface area contributed by atoms with Crippen LogP contribution < -0.4 is 5.32 Å². The van der Waals surface area contributed by atoms with Crippen LogP contribution in [-0.4, -0.2) is 12.5 Å². The van der Waals surface area contributed by atoms with Crippen molar-refractivity contribution >= 4 is 5.91 Å². The first kappa shape index (κ1) is 14.3. The summed E-state index contributed by atoms with van der Waals surface area (Å²) in [6.07, 6.45) is 0.952. The van der Waals surface area contributed by atoms with Crippen molar-refractivity contribution in [2.75, 3.05) is 6.54 Å². The zero-order chi connectivity index (χ0) is 14.4. The Morgan fingerprint density at radius 2 is 1.75 bits per heavy atom. The second-order valence-electron chi connectivity index (χ2n) is 4.73. The van der Waals surface area contributed by atoms with Crippen molar-refractivity contribution < 1.29 is 9.18 Å². The molecule has 1 amide bonds. The molecule has 0 bridgehead atoms. The highest BCUT2D eigenvalue weighted by Crippen LogP contribution is 2.18. The molecule has 104 valence electrons. The minimum absolute atomic E-state index is 0.167. The van der Waals surface area contributed by atoms with E-state index < -0.39 is 0 Å². The second kappa shape index (κ2) is 6.85. The molecule has 1 unspecified atom stereocenters. The zero-order valence-corrected chi connectivity index (χ0v) is 11.5. The minimum Gasteiger partial charge on any atom is -0.351 e. The number of hydrogen-bond acceptors (Lipinski definition) is 1. The van der Waals surface area contributed by atoms with Crippen LogP contribution in [0.1, 0.15) is 35.2 Å². The van der Waals surface area contributed by atoms with Crippen LogP contribution in [0.2, 0.25) is 0 Å². The maximum Gasteiger partial charge on any atom is 0.251 e. The van der Waals surface area contributed by atoms with Crippen LogP contribution in [0.4, 0.5) is 4.39 Å². The summed E-state index contributed by atoms with van der Waals surface area (Å²) in [7, 11) is 0. The lowest BCUT2D eigenvalue weighted by Gasteiger charge is -2.16. The van der Waals surface area contributed by atoms with E-state index in [0.29, 0.717) is 18.0 Å². The SMILES string of the molecule is CCC(CNC(=O)c1ccc(F)cc1)c1ccccc1. The maximum atomic E-state index is 12.8. The molecule has 0 aliphatic carbocycles. The van der Waals surface area contributed by atoms with Gasteiger partial charge in [-0.1, -0.05) is 37.3 Å². The van der Waals surface area contributed by atoms with Crippen molar-refractivity contribution in [3.8, 4) is 0 Å². The predicted molar refractivity (Wildman–Crippen MR) is 78.2 cm³/mol. The van der Waals surface area contributed by atoms with E-state index in [4.69, 9.17) is 0 Å². The van der Waals surface area contributed by atoms with Crippen LogP contribution in [0.25, 0.3) is 0 Å². The summed E-state index contributed by atoms with van der Waals surface area (Å²) in [5.74, 6) is -0.211. The third kappa shape index (κ3) is 3.67. The van der Waals surface area contributed by atoms with Gasteiger partial charge in [0.25, 0.3) is 5.91 Å². The molecule has 2 rings (SSSR count). The lowest BCUT2D eigenvalue weighted by molar-refractivity contribution is 0.0951. The highest BCUT2D eigenvalue weighted by molar-refractivity contribution is 5.94. The van der Waals surface area contributed by atoms with Crippen molar-refractivity contribution in [2.45, 2.75) is 19.3 Å². The van der Waals surface area contributed by atoms with Crippen molar-refractivity contribution in [2.24, 2.45) is 0 Å². The minimum atomic E-state index is -0.336. The summed E-state index contributed by atoms with van der Waals surface area (Å²) in [5.41, 5.74) is 1.70. The molecule has 1 N–H and O–H groups in total. The molecule has 0 saturated carbocycles. The maximum absolute atomic E-state index is 12.8. The van der Waals surface area contributed by atoms with E-state index in [-0.39, 0.29) is 11.7 Å². The van der Waals surface area contributed by atoms with E-state index in [1.165, 1.54) is 29.8 Å². The first-order valence-electron chi connectivity index (χ1n) is 6.79. The van der Waals surface area contributed by atoms with Gasteiger partial charge >= 0.3 is 0 Å². The van der Waals surface area contributed by atoms with Gasteiger partial charge in [-0.05, 0) is 36.2 Å². The Labute approximate surface area is 118 Å². The third-order valence-corrected chi connectivity index (χ3v) is 3.38. The fourth-order valence-electron chi connectivity index (χ4n) is 2.14. The highest BCUT2D eigenvalue weighted by atomic mass is 19.1. The van der Waals surface area contributed by atoms with Gasteiger partial charge in [0.1, 0.15) is 5.82 Å². The second-order valence-corrected chi connectivity index (χ2v) is 4.73. The van der Waals surface area contributed by atoms with Crippen LogP contribution >= 0.6 is 0 Å². The average Bonchev–Trinajstić information content (AvgIpc) is 2.49. The quantitative estimate of drug-likeness (QED) is 0.881. The molecule has 0 heterocycles. The van der Waals surface area contributed by atoms with Gasteiger partial charge in [-0.15, -0.1) is 0 Å². The molecular formula is C17H18FNO. The summed E-state index contributed by atoms with van der Waals surface area (Å²) in [5, 5.41) is 2.91. The van der Waals surface area contributed by atoms with Gasteiger partial charge in [-0.2, -0.15) is 0 Å². The molecule has 0 aliphatic heterocycles. The molecule has 0 radical (unpaired) electrons. The number of halogens is 1. The molecule has 2 aromatic rings. The van der Waals surface area contributed by atoms with E-state index in [0.717, 1.165) is 6.42 Å². The normalized spacial score (nSPS) is 11.9. The summed E-state index contributed by atoms with van der Waals surface area (Å²) in [6.45, 7) is 2.68. The van der Waals surface area contributed by atoms with E-state index in [9.17, 15) is 9.18 Å². The Kier molecular flexibility index (Phi) is 4.88. The highest BCUT2D eigenvalue weighted by Gasteiger charge is 2.11. The number of amides is 1. The molecule has 2 nitrogen and oxygen atoms in total. The Hall–Kier alpha value is -2.16. The fourth-order valence-corrected chi connectivity index (χ4v) is 2.14. The first-order chi connectivity index (χ1) is 9.70. The molecule has 0 fully saturated rings. The molecule has 0 aliphatic rings. The van der Waals surface area contributed by atoms with Crippen LogP contribution in [0.5, 0.6) is 0 Å². The van der Waals surface area contributed by atoms with Gasteiger partial charge in [0.2, 0.25) is 0 Å². The number of benzene rings is 2. The largest absolute Gasteiger partial charge is 0.351 e. The molecule has 1 atom stereocenters. The Morgan fingerprint density at radius 1 is 1.10 bits per heavy atom. The Balaban J connectivity index is 1.96.